The summed E-state index contributed by atoms with van der Waals surface area (Å²) in [5.41, 5.74) is 4.46. The lowest BCUT2D eigenvalue weighted by Crippen LogP contribution is -2.25. The van der Waals surface area contributed by atoms with Crippen molar-refractivity contribution in [3.8, 4) is 0 Å². The maximum Gasteiger partial charge on any atom is 0.252 e. The zero-order chi connectivity index (χ0) is 17.4. The van der Waals surface area contributed by atoms with Gasteiger partial charge in [-0.15, -0.1) is 0 Å². The Morgan fingerprint density at radius 3 is 2.68 bits per heavy atom. The molecular weight excluding hydrogens is 310 g/mol. The molecule has 2 aromatic carbocycles. The average Bonchev–Trinajstić information content (AvgIpc) is 3.05. The van der Waals surface area contributed by atoms with Crippen LogP contribution in [0.5, 0.6) is 0 Å². The van der Waals surface area contributed by atoms with Crippen LogP contribution in [0.25, 0.3) is 10.8 Å². The highest BCUT2D eigenvalue weighted by Gasteiger charge is 2.18. The Labute approximate surface area is 147 Å². The molecule has 0 saturated heterocycles. The number of aryl methyl sites for hydroxylation is 2. The highest BCUT2D eigenvalue weighted by Crippen LogP contribution is 2.32. The molecule has 0 bridgehead atoms. The van der Waals surface area contributed by atoms with Gasteiger partial charge in [-0.3, -0.25) is 4.79 Å². The number of hydrogen-bond acceptors (Lipinski definition) is 3. The summed E-state index contributed by atoms with van der Waals surface area (Å²) in [5.74, 6) is 0.840. The minimum atomic E-state index is -0.0378. The van der Waals surface area contributed by atoms with Gasteiger partial charge in [-0.05, 0) is 46.9 Å². The fraction of sp³-hybridized carbons (Fsp3) is 0.238. The number of nitrogens with zero attached hydrogens (tertiary/aromatic N) is 2. The number of amides is 1. The third-order valence-electron chi connectivity index (χ3n) is 4.85. The van der Waals surface area contributed by atoms with Crippen LogP contribution in [0.4, 0.5) is 5.82 Å². The van der Waals surface area contributed by atoms with Gasteiger partial charge < -0.3 is 10.2 Å². The maximum absolute atomic E-state index is 12.8. The molecule has 25 heavy (non-hydrogen) atoms. The van der Waals surface area contributed by atoms with E-state index >= 15 is 0 Å². The molecule has 4 heteroatoms. The van der Waals surface area contributed by atoms with Gasteiger partial charge in [-0.2, -0.15) is 0 Å². The second-order valence-electron chi connectivity index (χ2n) is 6.68. The van der Waals surface area contributed by atoms with Gasteiger partial charge in [0.1, 0.15) is 5.82 Å². The Morgan fingerprint density at radius 1 is 1.08 bits per heavy atom. The van der Waals surface area contributed by atoms with Gasteiger partial charge in [0.25, 0.3) is 5.91 Å². The van der Waals surface area contributed by atoms with E-state index in [0.717, 1.165) is 35.2 Å². The molecule has 1 heterocycles. The molecule has 0 aliphatic heterocycles. The number of rotatable bonds is 4. The van der Waals surface area contributed by atoms with E-state index in [2.05, 4.69) is 34.6 Å². The third-order valence-corrected chi connectivity index (χ3v) is 4.85. The van der Waals surface area contributed by atoms with E-state index in [4.69, 9.17) is 0 Å². The van der Waals surface area contributed by atoms with Crippen molar-refractivity contribution in [1.82, 2.24) is 10.3 Å². The predicted octanol–water partition coefficient (Wildman–Crippen LogP) is 3.33. The minimum Gasteiger partial charge on any atom is -0.362 e. The van der Waals surface area contributed by atoms with Crippen molar-refractivity contribution in [2.75, 3.05) is 19.0 Å². The fourth-order valence-corrected chi connectivity index (χ4v) is 3.69. The molecule has 1 aliphatic rings. The summed E-state index contributed by atoms with van der Waals surface area (Å²) in [7, 11) is 3.91. The molecule has 126 valence electrons. The number of pyridine rings is 1. The number of carbonyl (C=O) groups excluding carboxylic acids is 1. The lowest BCUT2D eigenvalue weighted by atomic mass is 9.99. The first-order valence-electron chi connectivity index (χ1n) is 8.58. The Morgan fingerprint density at radius 2 is 1.88 bits per heavy atom. The van der Waals surface area contributed by atoms with Crippen molar-refractivity contribution >= 4 is 22.5 Å². The molecule has 1 N–H and O–H groups in total. The summed E-state index contributed by atoms with van der Waals surface area (Å²) >= 11 is 0. The summed E-state index contributed by atoms with van der Waals surface area (Å²) in [6.45, 7) is 0.461. The molecule has 0 radical (unpaired) electrons. The Balaban J connectivity index is 1.62. The zero-order valence-electron chi connectivity index (χ0n) is 14.5. The van der Waals surface area contributed by atoms with E-state index in [1.165, 1.54) is 16.5 Å². The molecule has 1 aliphatic carbocycles. The topological polar surface area (TPSA) is 45.2 Å². The van der Waals surface area contributed by atoms with E-state index in [9.17, 15) is 4.79 Å². The van der Waals surface area contributed by atoms with Gasteiger partial charge in [-0.1, -0.05) is 30.3 Å². The summed E-state index contributed by atoms with van der Waals surface area (Å²) in [4.78, 5) is 19.2. The summed E-state index contributed by atoms with van der Waals surface area (Å²) in [5, 5.41) is 5.38. The monoisotopic (exact) mass is 331 g/mol. The first-order chi connectivity index (χ1) is 12.1. The van der Waals surface area contributed by atoms with Crippen LogP contribution >= 0.6 is 0 Å². The molecule has 1 aromatic heterocycles. The normalized spacial score (nSPS) is 12.4. The highest BCUT2D eigenvalue weighted by atomic mass is 16.1. The molecule has 0 saturated carbocycles. The number of nitrogens with one attached hydrogen (secondary N) is 1. The van der Waals surface area contributed by atoms with Gasteiger partial charge in [0, 0.05) is 38.0 Å². The van der Waals surface area contributed by atoms with E-state index < -0.39 is 0 Å². The Bertz CT molecular complexity index is 952. The van der Waals surface area contributed by atoms with Crippen molar-refractivity contribution < 1.29 is 4.79 Å². The van der Waals surface area contributed by atoms with Crippen molar-refractivity contribution in [3.63, 3.8) is 0 Å². The van der Waals surface area contributed by atoms with Gasteiger partial charge in [0.05, 0.1) is 0 Å². The van der Waals surface area contributed by atoms with Gasteiger partial charge in [0.2, 0.25) is 0 Å². The van der Waals surface area contributed by atoms with Crippen molar-refractivity contribution in [1.29, 1.82) is 0 Å². The van der Waals surface area contributed by atoms with Gasteiger partial charge >= 0.3 is 0 Å². The lowest BCUT2D eigenvalue weighted by Gasteiger charge is -2.16. The SMILES string of the molecule is CN(C)c1ncccc1CNC(=O)c1ccc2c3c(cccc13)CC2. The van der Waals surface area contributed by atoms with Crippen molar-refractivity contribution in [3.05, 3.63) is 70.9 Å². The quantitative estimate of drug-likeness (QED) is 0.797. The number of hydrogen-bond donors (Lipinski definition) is 1. The van der Waals surface area contributed by atoms with Crippen LogP contribution in [0.3, 0.4) is 0 Å². The van der Waals surface area contributed by atoms with Crippen LogP contribution in [-0.2, 0) is 19.4 Å². The molecule has 0 fully saturated rings. The second kappa shape index (κ2) is 6.20. The van der Waals surface area contributed by atoms with Crippen LogP contribution in [-0.4, -0.2) is 25.0 Å². The van der Waals surface area contributed by atoms with E-state index in [-0.39, 0.29) is 5.91 Å². The predicted molar refractivity (Wildman–Crippen MR) is 101 cm³/mol. The van der Waals surface area contributed by atoms with Crippen LogP contribution in [0, 0.1) is 0 Å². The standard InChI is InChI=1S/C21H21N3O/c1-24(2)20-16(6-4-12-22-20)13-23-21(25)18-11-10-15-9-8-14-5-3-7-17(18)19(14)15/h3-7,10-12H,8-9,13H2,1-2H3,(H,23,25). The first-order valence-corrected chi connectivity index (χ1v) is 8.58. The molecule has 0 unspecified atom stereocenters. The van der Waals surface area contributed by atoms with Crippen LogP contribution < -0.4 is 10.2 Å². The van der Waals surface area contributed by atoms with E-state index in [1.54, 1.807) is 6.20 Å². The molecule has 3 aromatic rings. The second-order valence-corrected chi connectivity index (χ2v) is 6.68. The van der Waals surface area contributed by atoms with Crippen LogP contribution in [0.1, 0.15) is 27.0 Å². The smallest absolute Gasteiger partial charge is 0.252 e. The molecular formula is C21H21N3O. The summed E-state index contributed by atoms with van der Waals surface area (Å²) in [6, 6.07) is 14.2. The first kappa shape index (κ1) is 15.6. The lowest BCUT2D eigenvalue weighted by molar-refractivity contribution is 0.0952. The van der Waals surface area contributed by atoms with Gasteiger partial charge in [0.15, 0.2) is 0 Å². The van der Waals surface area contributed by atoms with Gasteiger partial charge in [-0.25, -0.2) is 4.98 Å². The summed E-state index contributed by atoms with van der Waals surface area (Å²) < 4.78 is 0. The molecule has 4 rings (SSSR count). The van der Waals surface area contributed by atoms with Crippen molar-refractivity contribution in [2.24, 2.45) is 0 Å². The van der Waals surface area contributed by atoms with Crippen LogP contribution in [0.2, 0.25) is 0 Å². The molecule has 0 atom stereocenters. The van der Waals surface area contributed by atoms with E-state index in [1.807, 2.05) is 37.2 Å². The average molecular weight is 331 g/mol. The fourth-order valence-electron chi connectivity index (χ4n) is 3.69. The number of benzene rings is 2. The number of anilines is 1. The Kier molecular flexibility index (Phi) is 3.88. The molecule has 0 spiro atoms. The maximum atomic E-state index is 12.8. The van der Waals surface area contributed by atoms with E-state index in [0.29, 0.717) is 6.54 Å². The number of carbonyl (C=O) groups is 1. The summed E-state index contributed by atoms with van der Waals surface area (Å²) in [6.07, 6.45) is 3.91. The minimum absolute atomic E-state index is 0.0378. The highest BCUT2D eigenvalue weighted by molar-refractivity contribution is 6.09. The Hall–Kier alpha value is -2.88. The zero-order valence-corrected chi connectivity index (χ0v) is 14.5. The third kappa shape index (κ3) is 2.74. The largest absolute Gasteiger partial charge is 0.362 e. The van der Waals surface area contributed by atoms with Crippen LogP contribution in [0.15, 0.2) is 48.7 Å². The van der Waals surface area contributed by atoms with Crippen molar-refractivity contribution in [2.45, 2.75) is 19.4 Å². The number of aromatic nitrogens is 1. The molecule has 1 amide bonds. The molecule has 4 nitrogen and oxygen atoms in total.